The molecule has 0 unspecified atom stereocenters. The highest BCUT2D eigenvalue weighted by atomic mass is 16.2. The third-order valence-electron chi connectivity index (χ3n) is 7.88. The first-order chi connectivity index (χ1) is 22.3. The standard InChI is InChI=1S/C36H32N8O2/c1-36(2,3)22-30-37-33-31(34(45)44(27-14-8-5-9-15-27)35(46)43(33)26-12-6-4-7-13-26)42(30)23-24-18-20-25(21-19-24)28-16-10-11-17-29(28)32-38-40-41-39-32/h4-21H,22-23H2,1-3H3,(H,38,39,40,41). The van der Waals surface area contributed by atoms with Crippen molar-refractivity contribution in [1.82, 2.24) is 39.3 Å². The van der Waals surface area contributed by atoms with Crippen molar-refractivity contribution in [3.05, 3.63) is 141 Å². The molecule has 228 valence electrons. The number of para-hydroxylation sites is 2. The minimum Gasteiger partial charge on any atom is -0.318 e. The van der Waals surface area contributed by atoms with Crippen LogP contribution in [-0.4, -0.2) is 39.3 Å². The van der Waals surface area contributed by atoms with Gasteiger partial charge in [-0.1, -0.05) is 106 Å². The molecule has 3 aromatic heterocycles. The first-order valence-corrected chi connectivity index (χ1v) is 15.1. The highest BCUT2D eigenvalue weighted by Gasteiger charge is 2.26. The lowest BCUT2D eigenvalue weighted by atomic mass is 9.92. The van der Waals surface area contributed by atoms with Gasteiger partial charge < -0.3 is 4.57 Å². The zero-order valence-electron chi connectivity index (χ0n) is 25.8. The molecule has 1 N–H and O–H groups in total. The number of rotatable bonds is 7. The molecule has 7 rings (SSSR count). The number of H-pyrrole nitrogens is 1. The lowest BCUT2D eigenvalue weighted by Gasteiger charge is -2.19. The van der Waals surface area contributed by atoms with Gasteiger partial charge in [-0.15, -0.1) is 5.10 Å². The zero-order chi connectivity index (χ0) is 31.8. The smallest absolute Gasteiger partial charge is 0.318 e. The molecule has 4 aromatic carbocycles. The summed E-state index contributed by atoms with van der Waals surface area (Å²) >= 11 is 0. The average molecular weight is 609 g/mol. The van der Waals surface area contributed by atoms with Crippen LogP contribution < -0.4 is 11.2 Å². The number of hydrogen-bond acceptors (Lipinski definition) is 6. The van der Waals surface area contributed by atoms with Crippen molar-refractivity contribution in [3.8, 4) is 33.9 Å². The van der Waals surface area contributed by atoms with Crippen molar-refractivity contribution in [2.24, 2.45) is 5.41 Å². The Kier molecular flexibility index (Phi) is 7.24. The minimum atomic E-state index is -0.466. The minimum absolute atomic E-state index is 0.126. The highest BCUT2D eigenvalue weighted by Crippen LogP contribution is 2.30. The third kappa shape index (κ3) is 5.34. The van der Waals surface area contributed by atoms with Gasteiger partial charge in [-0.25, -0.2) is 24.0 Å². The van der Waals surface area contributed by atoms with E-state index in [0.717, 1.165) is 28.1 Å². The fraction of sp³-hybridized carbons (Fsp3) is 0.167. The van der Waals surface area contributed by atoms with Gasteiger partial charge in [-0.3, -0.25) is 4.79 Å². The van der Waals surface area contributed by atoms with Crippen molar-refractivity contribution in [3.63, 3.8) is 0 Å². The van der Waals surface area contributed by atoms with Crippen LogP contribution in [0.5, 0.6) is 0 Å². The van der Waals surface area contributed by atoms with Crippen molar-refractivity contribution in [2.45, 2.75) is 33.7 Å². The molecule has 0 bridgehead atoms. The fourth-order valence-corrected chi connectivity index (χ4v) is 5.82. The first kappa shape index (κ1) is 28.8. The van der Waals surface area contributed by atoms with Gasteiger partial charge in [0.05, 0.1) is 11.4 Å². The van der Waals surface area contributed by atoms with E-state index in [2.05, 4.69) is 65.7 Å². The second-order valence-electron chi connectivity index (χ2n) is 12.4. The lowest BCUT2D eigenvalue weighted by Crippen LogP contribution is -2.39. The van der Waals surface area contributed by atoms with E-state index in [9.17, 15) is 9.59 Å². The van der Waals surface area contributed by atoms with E-state index in [-0.39, 0.29) is 5.41 Å². The van der Waals surface area contributed by atoms with Gasteiger partial charge in [-0.05, 0) is 56.8 Å². The molecule has 0 atom stereocenters. The molecule has 0 saturated heterocycles. The summed E-state index contributed by atoms with van der Waals surface area (Å²) in [6.45, 7) is 6.81. The number of hydrogen-bond donors (Lipinski definition) is 1. The Balaban J connectivity index is 1.41. The predicted molar refractivity (Wildman–Crippen MR) is 178 cm³/mol. The van der Waals surface area contributed by atoms with Crippen LogP contribution in [0.15, 0.2) is 119 Å². The van der Waals surface area contributed by atoms with Crippen LogP contribution >= 0.6 is 0 Å². The van der Waals surface area contributed by atoms with Gasteiger partial charge in [-0.2, -0.15) is 0 Å². The molecule has 0 radical (unpaired) electrons. The van der Waals surface area contributed by atoms with E-state index in [4.69, 9.17) is 4.98 Å². The van der Waals surface area contributed by atoms with Gasteiger partial charge in [0.1, 0.15) is 5.82 Å². The second kappa shape index (κ2) is 11.6. The molecule has 3 heterocycles. The number of imidazole rings is 1. The van der Waals surface area contributed by atoms with E-state index >= 15 is 0 Å². The van der Waals surface area contributed by atoms with Crippen molar-refractivity contribution in [2.75, 3.05) is 0 Å². The number of aromatic amines is 1. The summed E-state index contributed by atoms with van der Waals surface area (Å²) in [5.74, 6) is 1.33. The zero-order valence-corrected chi connectivity index (χ0v) is 25.8. The SMILES string of the molecule is CC(C)(C)Cc1nc2c(c(=O)n(-c3ccccc3)c(=O)n2-c2ccccc2)n1Cc1ccc(-c2ccccc2-c2nnn[nH]2)cc1. The number of nitrogens with one attached hydrogen (secondary N) is 1. The quantitative estimate of drug-likeness (QED) is 0.244. The normalized spacial score (nSPS) is 11.7. The van der Waals surface area contributed by atoms with Gasteiger partial charge in [0.2, 0.25) is 0 Å². The Labute approximate surface area is 264 Å². The molecule has 0 aliphatic heterocycles. The maximum Gasteiger partial charge on any atom is 0.342 e. The number of benzene rings is 4. The van der Waals surface area contributed by atoms with Crippen LogP contribution in [0, 0.1) is 5.41 Å². The Morgan fingerprint density at radius 3 is 1.93 bits per heavy atom. The molecule has 10 nitrogen and oxygen atoms in total. The van der Waals surface area contributed by atoms with Gasteiger partial charge in [0.25, 0.3) is 5.56 Å². The lowest BCUT2D eigenvalue weighted by molar-refractivity contribution is 0.394. The predicted octanol–water partition coefficient (Wildman–Crippen LogP) is 5.82. The second-order valence-corrected chi connectivity index (χ2v) is 12.4. The molecule has 46 heavy (non-hydrogen) atoms. The molecular weight excluding hydrogens is 576 g/mol. The van der Waals surface area contributed by atoms with E-state index in [1.807, 2.05) is 77.4 Å². The number of tetrazole rings is 1. The van der Waals surface area contributed by atoms with Crippen LogP contribution in [0.1, 0.15) is 32.2 Å². The Morgan fingerprint density at radius 1 is 0.717 bits per heavy atom. The number of fused-ring (bicyclic) bond motifs is 1. The van der Waals surface area contributed by atoms with Gasteiger partial charge >= 0.3 is 5.69 Å². The maximum absolute atomic E-state index is 14.4. The van der Waals surface area contributed by atoms with E-state index in [1.54, 1.807) is 16.7 Å². The monoisotopic (exact) mass is 608 g/mol. The van der Waals surface area contributed by atoms with E-state index in [1.165, 1.54) is 4.57 Å². The molecule has 0 spiro atoms. The molecular formula is C36H32N8O2. The van der Waals surface area contributed by atoms with Crippen LogP contribution in [-0.2, 0) is 13.0 Å². The highest BCUT2D eigenvalue weighted by molar-refractivity contribution is 5.80. The molecule has 0 fully saturated rings. The van der Waals surface area contributed by atoms with Crippen LogP contribution in [0.4, 0.5) is 0 Å². The molecule has 7 aromatic rings. The first-order valence-electron chi connectivity index (χ1n) is 15.1. The Hall–Kier alpha value is -5.90. The topological polar surface area (TPSA) is 116 Å². The average Bonchev–Trinajstić information content (AvgIpc) is 3.71. The van der Waals surface area contributed by atoms with Crippen LogP contribution in [0.3, 0.4) is 0 Å². The summed E-state index contributed by atoms with van der Waals surface area (Å²) in [7, 11) is 0. The summed E-state index contributed by atoms with van der Waals surface area (Å²) in [6, 6.07) is 34.6. The van der Waals surface area contributed by atoms with Crippen LogP contribution in [0.2, 0.25) is 0 Å². The van der Waals surface area contributed by atoms with Crippen LogP contribution in [0.25, 0.3) is 45.1 Å². The van der Waals surface area contributed by atoms with Crippen molar-refractivity contribution < 1.29 is 0 Å². The summed E-state index contributed by atoms with van der Waals surface area (Å²) in [4.78, 5) is 33.5. The number of aromatic nitrogens is 8. The summed E-state index contributed by atoms with van der Waals surface area (Å²) in [6.07, 6.45) is 0.603. The maximum atomic E-state index is 14.4. The van der Waals surface area contributed by atoms with Gasteiger partial charge in [0, 0.05) is 18.5 Å². The van der Waals surface area contributed by atoms with Crippen molar-refractivity contribution >= 4 is 11.2 Å². The molecule has 0 aliphatic rings. The van der Waals surface area contributed by atoms with Crippen molar-refractivity contribution in [1.29, 1.82) is 0 Å². The fourth-order valence-electron chi connectivity index (χ4n) is 5.82. The summed E-state index contributed by atoms with van der Waals surface area (Å²) in [5.41, 5.74) is 4.74. The molecule has 10 heteroatoms. The van der Waals surface area contributed by atoms with E-state index < -0.39 is 11.2 Å². The molecule has 0 saturated carbocycles. The summed E-state index contributed by atoms with van der Waals surface area (Å²) in [5, 5.41) is 14.4. The van der Waals surface area contributed by atoms with Gasteiger partial charge in [0.15, 0.2) is 17.0 Å². The molecule has 0 aliphatic carbocycles. The summed E-state index contributed by atoms with van der Waals surface area (Å²) < 4.78 is 4.77. The largest absolute Gasteiger partial charge is 0.342 e. The van der Waals surface area contributed by atoms with E-state index in [0.29, 0.717) is 41.3 Å². The Morgan fingerprint density at radius 2 is 1.33 bits per heavy atom. The Bertz CT molecular complexity index is 2260. The molecule has 0 amide bonds. The third-order valence-corrected chi connectivity index (χ3v) is 7.88. The number of nitrogens with zero attached hydrogens (tertiary/aromatic N) is 7.